The van der Waals surface area contributed by atoms with Crippen LogP contribution in [0.15, 0.2) is 54.7 Å². The fraction of sp³-hybridized carbons (Fsp3) is 0.143. The zero-order valence-corrected chi connectivity index (χ0v) is 16.9. The van der Waals surface area contributed by atoms with Crippen molar-refractivity contribution in [2.24, 2.45) is 0 Å². The molecule has 30 heavy (non-hydrogen) atoms. The van der Waals surface area contributed by atoms with Crippen molar-refractivity contribution in [3.05, 3.63) is 65.3 Å². The average molecular weight is 422 g/mol. The van der Waals surface area contributed by atoms with E-state index in [9.17, 15) is 14.7 Å². The summed E-state index contributed by atoms with van der Waals surface area (Å²) >= 11 is 6.08. The predicted octanol–water partition coefficient (Wildman–Crippen LogP) is 1.26. The summed E-state index contributed by atoms with van der Waals surface area (Å²) in [5.41, 5.74) is 2.25. The molecule has 8 nitrogen and oxygen atoms in total. The summed E-state index contributed by atoms with van der Waals surface area (Å²) in [4.78, 5) is 31.4. The van der Waals surface area contributed by atoms with Gasteiger partial charge in [0.25, 0.3) is 5.91 Å². The fourth-order valence-electron chi connectivity index (χ4n) is 3.84. The monoisotopic (exact) mass is 421 g/mol. The molecule has 1 fully saturated rings. The highest BCUT2D eigenvalue weighted by atomic mass is 35.5. The van der Waals surface area contributed by atoms with Crippen molar-refractivity contribution in [1.29, 1.82) is 0 Å². The lowest BCUT2D eigenvalue weighted by molar-refractivity contribution is -0.268. The van der Waals surface area contributed by atoms with E-state index >= 15 is 0 Å². The van der Waals surface area contributed by atoms with Crippen LogP contribution in [0.25, 0.3) is 5.70 Å². The number of guanidine groups is 1. The largest absolute Gasteiger partial charge is 0.871 e. The second-order valence-electron chi connectivity index (χ2n) is 7.15. The molecule has 5 rings (SSSR count). The molecule has 0 saturated carbocycles. The summed E-state index contributed by atoms with van der Waals surface area (Å²) in [6, 6.07) is 13.1. The quantitative estimate of drug-likeness (QED) is 0.682. The first kappa shape index (κ1) is 18.3. The maximum absolute atomic E-state index is 12.9. The van der Waals surface area contributed by atoms with Gasteiger partial charge in [-0.1, -0.05) is 47.7 Å². The molecule has 0 aliphatic carbocycles. The molecule has 1 unspecified atom stereocenters. The molecule has 3 aliphatic heterocycles. The molecule has 0 bridgehead atoms. The smallest absolute Gasteiger partial charge is 0.415 e. The van der Waals surface area contributed by atoms with Crippen molar-refractivity contribution < 1.29 is 14.7 Å². The Morgan fingerprint density at radius 1 is 1.03 bits per heavy atom. The van der Waals surface area contributed by atoms with E-state index in [1.54, 1.807) is 30.3 Å². The Labute approximate surface area is 177 Å². The molecule has 3 aliphatic rings. The van der Waals surface area contributed by atoms with E-state index in [2.05, 4.69) is 4.67 Å². The second kappa shape index (κ2) is 6.38. The van der Waals surface area contributed by atoms with E-state index < -0.39 is 12.1 Å². The summed E-state index contributed by atoms with van der Waals surface area (Å²) < 4.78 is 4.66. The van der Waals surface area contributed by atoms with Gasteiger partial charge in [-0.25, -0.2) is 24.2 Å². The maximum Gasteiger partial charge on any atom is 0.415 e. The van der Waals surface area contributed by atoms with Crippen LogP contribution in [0.5, 0.6) is 5.75 Å². The lowest BCUT2D eigenvalue weighted by atomic mass is 10.1. The standard InChI is InChI=1S/C21H16ClN5O3/c1-24-18-17(19(29)25(2)21(24)30)26-11-15(12-8-9-16(28)14(22)10-12)27(20(26)23-18)13-6-4-3-5-7-13/h3-11,17H,1-2H3. The van der Waals surface area contributed by atoms with Crippen LogP contribution in [0, 0.1) is 0 Å². The zero-order chi connectivity index (χ0) is 21.2. The van der Waals surface area contributed by atoms with Gasteiger partial charge in [-0.15, -0.1) is 0 Å². The minimum atomic E-state index is -0.745. The molecule has 2 aromatic carbocycles. The van der Waals surface area contributed by atoms with E-state index in [1.165, 1.54) is 18.0 Å². The van der Waals surface area contributed by atoms with Crippen molar-refractivity contribution in [3.8, 4) is 5.75 Å². The van der Waals surface area contributed by atoms with Gasteiger partial charge in [-0.05, 0) is 18.2 Å². The van der Waals surface area contributed by atoms with Crippen LogP contribution >= 0.6 is 11.6 Å². The third kappa shape index (κ3) is 2.45. The number of hydrogen-bond donors (Lipinski definition) is 0. The molecular formula is C21H16ClN5O3. The van der Waals surface area contributed by atoms with E-state index in [0.717, 1.165) is 16.3 Å². The Kier molecular flexibility index (Phi) is 3.89. The fourth-order valence-corrected chi connectivity index (χ4v) is 4.02. The number of hydrogen-bond acceptors (Lipinski definition) is 5. The minimum absolute atomic E-state index is 0.112. The van der Waals surface area contributed by atoms with E-state index in [1.807, 2.05) is 35.2 Å². The Morgan fingerprint density at radius 2 is 1.77 bits per heavy atom. The molecule has 9 heteroatoms. The van der Waals surface area contributed by atoms with Gasteiger partial charge in [0.15, 0.2) is 0 Å². The number of para-hydroxylation sites is 1. The summed E-state index contributed by atoms with van der Waals surface area (Å²) in [6.45, 7) is 0. The van der Waals surface area contributed by atoms with Crippen molar-refractivity contribution >= 4 is 46.7 Å². The number of nitrogens with zero attached hydrogens (tertiary/aromatic N) is 5. The Balaban J connectivity index is 1.70. The zero-order valence-electron chi connectivity index (χ0n) is 16.1. The highest BCUT2D eigenvalue weighted by molar-refractivity contribution is 6.32. The van der Waals surface area contributed by atoms with Gasteiger partial charge in [0.2, 0.25) is 6.04 Å². The van der Waals surface area contributed by atoms with E-state index in [-0.39, 0.29) is 16.7 Å². The Morgan fingerprint density at radius 3 is 2.47 bits per heavy atom. The molecule has 0 N–H and O–H groups in total. The van der Waals surface area contributed by atoms with E-state index in [0.29, 0.717) is 17.4 Å². The molecule has 0 spiro atoms. The number of imide groups is 1. The number of likely N-dealkylation sites (N-methyl/N-ethyl adjacent to an activating group) is 2. The third-order valence-corrected chi connectivity index (χ3v) is 5.69. The van der Waals surface area contributed by atoms with Crippen LogP contribution in [-0.4, -0.2) is 58.6 Å². The lowest BCUT2D eigenvalue weighted by Crippen LogP contribution is -2.62. The first-order valence-corrected chi connectivity index (χ1v) is 9.59. The first-order valence-electron chi connectivity index (χ1n) is 9.21. The van der Waals surface area contributed by atoms with Crippen LogP contribution in [0.3, 0.4) is 0 Å². The minimum Gasteiger partial charge on any atom is -0.871 e. The van der Waals surface area contributed by atoms with Crippen LogP contribution < -0.4 is 14.7 Å². The van der Waals surface area contributed by atoms with Gasteiger partial charge in [-0.3, -0.25) is 9.69 Å². The predicted molar refractivity (Wildman–Crippen MR) is 112 cm³/mol. The normalized spacial score (nSPS) is 20.2. The SMILES string of the molecule is CN1C(=O)C2C(=[N+]=C3N(c4ccccc4)C(c4ccc([O-])c(Cl)c4)=CN32)N(C)C1=O. The molecule has 1 saturated heterocycles. The summed E-state index contributed by atoms with van der Waals surface area (Å²) in [5, 5.41) is 11.9. The molecule has 2 aromatic rings. The number of amidine groups is 1. The topological polar surface area (TPSA) is 84.3 Å². The molecular weight excluding hydrogens is 406 g/mol. The van der Waals surface area contributed by atoms with Crippen LogP contribution in [0.2, 0.25) is 5.02 Å². The van der Waals surface area contributed by atoms with Crippen molar-refractivity contribution in [1.82, 2.24) is 19.4 Å². The number of fused-ring (bicyclic) bond motifs is 3. The number of halogens is 1. The van der Waals surface area contributed by atoms with Gasteiger partial charge in [0.05, 0.1) is 18.9 Å². The Hall–Kier alpha value is -3.74. The van der Waals surface area contributed by atoms with Gasteiger partial charge >= 0.3 is 17.8 Å². The maximum atomic E-state index is 12.9. The number of carbonyl (C=O) groups excluding carboxylic acids is 2. The molecule has 0 aromatic heterocycles. The van der Waals surface area contributed by atoms with Crippen molar-refractivity contribution in [3.63, 3.8) is 0 Å². The molecule has 150 valence electrons. The summed E-state index contributed by atoms with van der Waals surface area (Å²) in [7, 11) is 3.06. The highest BCUT2D eigenvalue weighted by Crippen LogP contribution is 2.37. The second-order valence-corrected chi connectivity index (χ2v) is 7.56. The number of benzene rings is 2. The Bertz CT molecular complexity index is 1200. The number of amides is 3. The third-order valence-electron chi connectivity index (χ3n) is 5.39. The van der Waals surface area contributed by atoms with Crippen molar-refractivity contribution in [2.75, 3.05) is 19.0 Å². The number of carbonyl (C=O) groups is 2. The van der Waals surface area contributed by atoms with Crippen molar-refractivity contribution in [2.45, 2.75) is 6.04 Å². The lowest BCUT2D eigenvalue weighted by Gasteiger charge is -2.29. The molecule has 3 heterocycles. The van der Waals surface area contributed by atoms with E-state index in [4.69, 9.17) is 11.6 Å². The van der Waals surface area contributed by atoms with Crippen LogP contribution in [0.4, 0.5) is 10.5 Å². The molecule has 0 radical (unpaired) electrons. The average Bonchev–Trinajstić information content (AvgIpc) is 3.29. The van der Waals surface area contributed by atoms with Crippen LogP contribution in [0.1, 0.15) is 5.56 Å². The number of anilines is 1. The van der Waals surface area contributed by atoms with Gasteiger partial charge in [0.1, 0.15) is 5.70 Å². The van der Waals surface area contributed by atoms with Gasteiger partial charge in [0, 0.05) is 17.6 Å². The summed E-state index contributed by atoms with van der Waals surface area (Å²) in [6.07, 6.45) is 1.80. The summed E-state index contributed by atoms with van der Waals surface area (Å²) in [5.74, 6) is 0.261. The van der Waals surface area contributed by atoms with Crippen LogP contribution in [-0.2, 0) is 4.79 Å². The van der Waals surface area contributed by atoms with Gasteiger partial charge in [-0.2, -0.15) is 0 Å². The molecule has 3 amide bonds. The molecule has 1 atom stereocenters. The number of urea groups is 1. The van der Waals surface area contributed by atoms with Gasteiger partial charge < -0.3 is 5.11 Å². The highest BCUT2D eigenvalue weighted by Gasteiger charge is 2.58. The number of rotatable bonds is 2. The first-order chi connectivity index (χ1) is 14.4.